The third-order valence-electron chi connectivity index (χ3n) is 5.06. The van der Waals surface area contributed by atoms with Gasteiger partial charge in [0, 0.05) is 15.9 Å². The molecule has 0 spiro atoms. The van der Waals surface area contributed by atoms with Gasteiger partial charge >= 0.3 is 6.18 Å². The minimum absolute atomic E-state index is 0.245. The zero-order valence-electron chi connectivity index (χ0n) is 16.9. The Morgan fingerprint density at radius 2 is 0.818 bits per heavy atom. The highest BCUT2D eigenvalue weighted by atomic mass is 31.2. The van der Waals surface area contributed by atoms with Crippen LogP contribution in [0.1, 0.15) is 5.56 Å². The maximum Gasteiger partial charge on any atom is 0.416 e. The van der Waals surface area contributed by atoms with Crippen LogP contribution in [0.15, 0.2) is 102 Å². The second kappa shape index (κ2) is 8.91. The van der Waals surface area contributed by atoms with Gasteiger partial charge in [0.1, 0.15) is 17.5 Å². The molecule has 0 amide bonds. The van der Waals surface area contributed by atoms with Crippen molar-refractivity contribution in [1.29, 1.82) is 0 Å². The smallest absolute Gasteiger partial charge is 0.254 e. The van der Waals surface area contributed by atoms with Crippen molar-refractivity contribution in [2.75, 3.05) is 0 Å². The van der Waals surface area contributed by atoms with Gasteiger partial charge in [-0.2, -0.15) is 13.2 Å². The molecule has 0 N–H and O–H groups in total. The van der Waals surface area contributed by atoms with E-state index in [1.807, 2.05) is 0 Å². The first-order valence-corrected chi connectivity index (χ1v) is 11.5. The molecular weight excluding hydrogens is 459 g/mol. The first-order valence-electron chi connectivity index (χ1n) is 9.76. The summed E-state index contributed by atoms with van der Waals surface area (Å²) in [5.41, 5.74) is -0.579. The van der Waals surface area contributed by atoms with Gasteiger partial charge in [-0.15, -0.1) is 0 Å². The van der Waals surface area contributed by atoms with Crippen molar-refractivity contribution >= 4 is 28.7 Å². The van der Waals surface area contributed by atoms with E-state index in [-0.39, 0.29) is 5.69 Å². The van der Waals surface area contributed by atoms with Gasteiger partial charge in [-0.05, 0) is 97.1 Å². The third kappa shape index (κ3) is 4.74. The summed E-state index contributed by atoms with van der Waals surface area (Å²) in [5.74, 6) is -1.45. The van der Waals surface area contributed by atoms with Crippen molar-refractivity contribution in [3.8, 4) is 0 Å². The molecule has 168 valence electrons. The van der Waals surface area contributed by atoms with Gasteiger partial charge in [0.05, 0.1) is 18.3 Å². The number of rotatable bonds is 4. The van der Waals surface area contributed by atoms with Gasteiger partial charge in [-0.1, -0.05) is 0 Å². The van der Waals surface area contributed by atoms with Crippen LogP contribution in [0.2, 0.25) is 0 Å². The fraction of sp³-hybridized carbons (Fsp3) is 0.0400. The molecule has 0 aliphatic heterocycles. The summed E-state index contributed by atoms with van der Waals surface area (Å²) in [5, 5.41) is 1.71. The lowest BCUT2D eigenvalue weighted by Gasteiger charge is -2.27. The SMILES string of the molecule is Fc1ccc(P(=Nc2ccc(C(F)(F)F)cc2)(c2ccc(F)cc2)c2ccc(F)cc2)cc1. The van der Waals surface area contributed by atoms with Crippen LogP contribution >= 0.6 is 7.05 Å². The molecule has 1 nitrogen and oxygen atoms in total. The van der Waals surface area contributed by atoms with Gasteiger partial charge < -0.3 is 0 Å². The molecule has 0 fully saturated rings. The van der Waals surface area contributed by atoms with Crippen LogP contribution in [0.3, 0.4) is 0 Å². The summed E-state index contributed by atoms with van der Waals surface area (Å²) in [6.07, 6.45) is -4.50. The van der Waals surface area contributed by atoms with E-state index in [1.54, 1.807) is 0 Å². The largest absolute Gasteiger partial charge is 0.416 e. The van der Waals surface area contributed by atoms with Crippen LogP contribution in [-0.2, 0) is 6.18 Å². The second-order valence-electron chi connectivity index (χ2n) is 7.21. The molecule has 0 unspecified atom stereocenters. The number of nitrogens with zero attached hydrogens (tertiary/aromatic N) is 1. The molecule has 0 bridgehead atoms. The van der Waals surface area contributed by atoms with Gasteiger partial charge in [0.2, 0.25) is 0 Å². The topological polar surface area (TPSA) is 12.4 Å². The quantitative estimate of drug-likeness (QED) is 0.224. The number of alkyl halides is 3. The Kier molecular flexibility index (Phi) is 6.17. The van der Waals surface area contributed by atoms with Gasteiger partial charge in [0.15, 0.2) is 0 Å². The zero-order valence-corrected chi connectivity index (χ0v) is 17.8. The molecule has 0 saturated heterocycles. The average molecular weight is 475 g/mol. The van der Waals surface area contributed by atoms with E-state index in [2.05, 4.69) is 0 Å². The number of benzene rings is 4. The molecule has 8 heteroatoms. The Labute approximate surface area is 186 Å². The van der Waals surface area contributed by atoms with E-state index in [0.717, 1.165) is 12.1 Å². The molecule has 33 heavy (non-hydrogen) atoms. The molecule has 4 rings (SSSR count). The van der Waals surface area contributed by atoms with Crippen molar-refractivity contribution in [3.05, 3.63) is 120 Å². The molecule has 0 atom stereocenters. The lowest BCUT2D eigenvalue weighted by molar-refractivity contribution is -0.137. The van der Waals surface area contributed by atoms with Gasteiger partial charge in [-0.3, -0.25) is 4.74 Å². The summed E-state index contributed by atoms with van der Waals surface area (Å²) in [4.78, 5) is 0. The summed E-state index contributed by atoms with van der Waals surface area (Å²) in [6, 6.07) is 21.0. The van der Waals surface area contributed by atoms with E-state index in [1.165, 1.54) is 84.9 Å². The van der Waals surface area contributed by atoms with E-state index in [9.17, 15) is 26.3 Å². The second-order valence-corrected chi connectivity index (χ2v) is 10.2. The predicted octanol–water partition coefficient (Wildman–Crippen LogP) is 6.93. The Bertz CT molecular complexity index is 1180. The van der Waals surface area contributed by atoms with Crippen molar-refractivity contribution in [2.24, 2.45) is 4.74 Å². The minimum Gasteiger partial charge on any atom is -0.254 e. The molecule has 0 saturated carbocycles. The average Bonchev–Trinajstić information content (AvgIpc) is 2.79. The van der Waals surface area contributed by atoms with E-state index < -0.39 is 36.2 Å². The molecule has 0 aliphatic carbocycles. The summed E-state index contributed by atoms with van der Waals surface area (Å²) < 4.78 is 85.2. The number of hydrogen-bond acceptors (Lipinski definition) is 1. The van der Waals surface area contributed by atoms with Crippen molar-refractivity contribution in [3.63, 3.8) is 0 Å². The fourth-order valence-electron chi connectivity index (χ4n) is 3.48. The monoisotopic (exact) mass is 475 g/mol. The van der Waals surface area contributed by atoms with E-state index in [4.69, 9.17) is 4.74 Å². The van der Waals surface area contributed by atoms with Gasteiger partial charge in [-0.25, -0.2) is 13.2 Å². The zero-order chi connectivity index (χ0) is 23.6. The molecule has 0 heterocycles. The third-order valence-corrected chi connectivity index (χ3v) is 8.73. The molecule has 0 aromatic heterocycles. The Morgan fingerprint density at radius 1 is 0.485 bits per heavy atom. The molecule has 0 radical (unpaired) electrons. The van der Waals surface area contributed by atoms with Crippen LogP contribution in [-0.4, -0.2) is 0 Å². The molecule has 4 aromatic carbocycles. The Balaban J connectivity index is 2.06. The molecule has 0 aliphatic rings. The fourth-order valence-corrected chi connectivity index (χ4v) is 6.94. The normalized spacial score (nSPS) is 11.9. The standard InChI is InChI=1S/C25H16F6NP/c26-18-3-11-22(12-4-18)33(23-13-5-19(27)6-14-23,24-15-7-20(28)8-16-24)32-21-9-1-17(2-10-21)25(29,30)31/h1-16H. The molecule has 4 aromatic rings. The lowest BCUT2D eigenvalue weighted by Crippen LogP contribution is -2.25. The highest BCUT2D eigenvalue weighted by Gasteiger charge is 2.31. The van der Waals surface area contributed by atoms with Crippen molar-refractivity contribution in [1.82, 2.24) is 0 Å². The maximum atomic E-state index is 13.7. The van der Waals surface area contributed by atoms with Crippen molar-refractivity contribution in [2.45, 2.75) is 6.18 Å². The van der Waals surface area contributed by atoms with Crippen molar-refractivity contribution < 1.29 is 26.3 Å². The van der Waals surface area contributed by atoms with Crippen LogP contribution in [0.4, 0.5) is 32.0 Å². The summed E-state index contributed by atoms with van der Waals surface area (Å²) >= 11 is 0. The van der Waals surface area contributed by atoms with Crippen LogP contribution in [0.25, 0.3) is 0 Å². The first kappa shape index (κ1) is 22.9. The number of hydrogen-bond donors (Lipinski definition) is 0. The highest BCUT2D eigenvalue weighted by Crippen LogP contribution is 2.49. The van der Waals surface area contributed by atoms with E-state index in [0.29, 0.717) is 15.9 Å². The van der Waals surface area contributed by atoms with Gasteiger partial charge in [0.25, 0.3) is 0 Å². The first-order chi connectivity index (χ1) is 15.7. The van der Waals surface area contributed by atoms with E-state index >= 15 is 0 Å². The lowest BCUT2D eigenvalue weighted by atomic mass is 10.2. The number of halogens is 6. The Morgan fingerprint density at radius 3 is 1.12 bits per heavy atom. The van der Waals surface area contributed by atoms with Crippen LogP contribution < -0.4 is 15.9 Å². The van der Waals surface area contributed by atoms with Crippen LogP contribution in [0.5, 0.6) is 0 Å². The highest BCUT2D eigenvalue weighted by molar-refractivity contribution is 7.87. The molecular formula is C25H16F6NP. The maximum absolute atomic E-state index is 13.7. The predicted molar refractivity (Wildman–Crippen MR) is 119 cm³/mol. The van der Waals surface area contributed by atoms with Crippen LogP contribution in [0, 0.1) is 17.5 Å². The minimum atomic E-state index is -4.50. The summed E-state index contributed by atoms with van der Waals surface area (Å²) in [7, 11) is -3.05. The summed E-state index contributed by atoms with van der Waals surface area (Å²) in [6.45, 7) is 0. The Hall–Kier alpha value is -3.31.